The normalized spacial score (nSPS) is 10.9. The molecular weight excluding hydrogens is 310 g/mol. The molecule has 0 radical (unpaired) electrons. The number of benzene rings is 3. The standard InChI is InChI=1S/C22H23NO2/c24-22(21-12-6-10-19-9-4-5-11-20(19)21)13-14-23-15-16-25-17-18-7-2-1-3-8-18/h1-12,23H,13-17H2. The molecule has 0 aliphatic carbocycles. The van der Waals surface area contributed by atoms with Crippen LogP contribution in [-0.4, -0.2) is 25.5 Å². The van der Waals surface area contributed by atoms with E-state index in [0.29, 0.717) is 26.2 Å². The number of hydrogen-bond donors (Lipinski definition) is 1. The Kier molecular flexibility index (Phi) is 6.32. The van der Waals surface area contributed by atoms with Crippen LogP contribution in [-0.2, 0) is 11.3 Å². The molecule has 0 unspecified atom stereocenters. The Bertz CT molecular complexity index is 809. The van der Waals surface area contributed by atoms with E-state index in [1.807, 2.05) is 60.7 Å². The number of Topliss-reactive ketones (excluding diaryl/α,β-unsaturated/α-hetero) is 1. The first-order valence-electron chi connectivity index (χ1n) is 8.68. The smallest absolute Gasteiger partial charge is 0.164 e. The number of ketones is 1. The van der Waals surface area contributed by atoms with Crippen molar-refractivity contribution in [3.63, 3.8) is 0 Å². The fourth-order valence-electron chi connectivity index (χ4n) is 2.84. The summed E-state index contributed by atoms with van der Waals surface area (Å²) in [5.74, 6) is 0.175. The van der Waals surface area contributed by atoms with Crippen LogP contribution in [0.2, 0.25) is 0 Å². The van der Waals surface area contributed by atoms with Crippen LogP contribution in [0.5, 0.6) is 0 Å². The van der Waals surface area contributed by atoms with Gasteiger partial charge in [-0.25, -0.2) is 0 Å². The number of rotatable bonds is 9. The molecule has 0 fully saturated rings. The van der Waals surface area contributed by atoms with Crippen molar-refractivity contribution >= 4 is 16.6 Å². The minimum atomic E-state index is 0.175. The maximum Gasteiger partial charge on any atom is 0.164 e. The number of fused-ring (bicyclic) bond motifs is 1. The van der Waals surface area contributed by atoms with Gasteiger partial charge in [-0.3, -0.25) is 4.79 Å². The molecular formula is C22H23NO2. The molecule has 3 aromatic carbocycles. The third-order valence-corrected chi connectivity index (χ3v) is 4.15. The average Bonchev–Trinajstić information content (AvgIpc) is 2.67. The van der Waals surface area contributed by atoms with Crippen LogP contribution in [0, 0.1) is 0 Å². The quantitative estimate of drug-likeness (QED) is 0.471. The lowest BCUT2D eigenvalue weighted by atomic mass is 10.00. The van der Waals surface area contributed by atoms with Crippen LogP contribution in [0.25, 0.3) is 10.8 Å². The monoisotopic (exact) mass is 333 g/mol. The van der Waals surface area contributed by atoms with Gasteiger partial charge in [0, 0.05) is 25.1 Å². The first kappa shape index (κ1) is 17.3. The molecule has 128 valence electrons. The van der Waals surface area contributed by atoms with Gasteiger partial charge in [-0.1, -0.05) is 72.8 Å². The number of hydrogen-bond acceptors (Lipinski definition) is 3. The first-order valence-corrected chi connectivity index (χ1v) is 8.68. The van der Waals surface area contributed by atoms with Crippen molar-refractivity contribution in [3.05, 3.63) is 83.9 Å². The minimum Gasteiger partial charge on any atom is -0.375 e. The van der Waals surface area contributed by atoms with Crippen molar-refractivity contribution in [2.45, 2.75) is 13.0 Å². The number of carbonyl (C=O) groups excluding carboxylic acids is 1. The molecule has 3 aromatic rings. The van der Waals surface area contributed by atoms with Crippen molar-refractivity contribution in [1.29, 1.82) is 0 Å². The number of nitrogens with one attached hydrogen (secondary N) is 1. The van der Waals surface area contributed by atoms with Gasteiger partial charge in [-0.15, -0.1) is 0 Å². The van der Waals surface area contributed by atoms with E-state index in [2.05, 4.69) is 17.4 Å². The van der Waals surface area contributed by atoms with E-state index in [1.165, 1.54) is 5.56 Å². The molecule has 3 heteroatoms. The third kappa shape index (κ3) is 4.99. The molecule has 0 aliphatic heterocycles. The van der Waals surface area contributed by atoms with Crippen molar-refractivity contribution in [1.82, 2.24) is 5.32 Å². The molecule has 25 heavy (non-hydrogen) atoms. The lowest BCUT2D eigenvalue weighted by Crippen LogP contribution is -2.22. The average molecular weight is 333 g/mol. The molecule has 3 nitrogen and oxygen atoms in total. The van der Waals surface area contributed by atoms with Crippen LogP contribution >= 0.6 is 0 Å². The molecule has 0 spiro atoms. The predicted molar refractivity (Wildman–Crippen MR) is 102 cm³/mol. The highest BCUT2D eigenvalue weighted by molar-refractivity contribution is 6.08. The van der Waals surface area contributed by atoms with Crippen molar-refractivity contribution < 1.29 is 9.53 Å². The van der Waals surface area contributed by atoms with Gasteiger partial charge in [0.25, 0.3) is 0 Å². The second-order valence-electron chi connectivity index (χ2n) is 5.99. The summed E-state index contributed by atoms with van der Waals surface area (Å²) in [6.07, 6.45) is 0.493. The highest BCUT2D eigenvalue weighted by Crippen LogP contribution is 2.19. The molecule has 0 saturated heterocycles. The van der Waals surface area contributed by atoms with E-state index in [1.54, 1.807) is 0 Å². The molecule has 0 aliphatic rings. The summed E-state index contributed by atoms with van der Waals surface area (Å²) in [5.41, 5.74) is 1.98. The summed E-state index contributed by atoms with van der Waals surface area (Å²) in [5, 5.41) is 5.41. The highest BCUT2D eigenvalue weighted by Gasteiger charge is 2.09. The Morgan fingerprint density at radius 3 is 2.48 bits per heavy atom. The fraction of sp³-hybridized carbons (Fsp3) is 0.227. The summed E-state index contributed by atoms with van der Waals surface area (Å²) >= 11 is 0. The Hall–Kier alpha value is -2.49. The van der Waals surface area contributed by atoms with E-state index in [9.17, 15) is 4.79 Å². The Morgan fingerprint density at radius 1 is 0.840 bits per heavy atom. The van der Waals surface area contributed by atoms with E-state index in [4.69, 9.17) is 4.74 Å². The summed E-state index contributed by atoms with van der Waals surface area (Å²) in [6.45, 7) is 2.67. The second-order valence-corrected chi connectivity index (χ2v) is 5.99. The molecule has 0 atom stereocenters. The van der Waals surface area contributed by atoms with Gasteiger partial charge in [-0.2, -0.15) is 0 Å². The third-order valence-electron chi connectivity index (χ3n) is 4.15. The molecule has 0 bridgehead atoms. The molecule has 1 N–H and O–H groups in total. The van der Waals surface area contributed by atoms with Crippen LogP contribution in [0.15, 0.2) is 72.8 Å². The van der Waals surface area contributed by atoms with Crippen molar-refractivity contribution in [3.8, 4) is 0 Å². The van der Waals surface area contributed by atoms with Gasteiger partial charge in [0.15, 0.2) is 5.78 Å². The van der Waals surface area contributed by atoms with Crippen LogP contribution in [0.1, 0.15) is 22.3 Å². The maximum absolute atomic E-state index is 12.5. The van der Waals surface area contributed by atoms with Gasteiger partial charge < -0.3 is 10.1 Å². The zero-order valence-corrected chi connectivity index (χ0v) is 14.3. The Morgan fingerprint density at radius 2 is 1.60 bits per heavy atom. The summed E-state index contributed by atoms with van der Waals surface area (Å²) in [6, 6.07) is 24.0. The predicted octanol–water partition coefficient (Wildman–Crippen LogP) is 4.22. The summed E-state index contributed by atoms with van der Waals surface area (Å²) in [4.78, 5) is 12.5. The SMILES string of the molecule is O=C(CCNCCOCc1ccccc1)c1cccc2ccccc12. The van der Waals surface area contributed by atoms with Crippen LogP contribution < -0.4 is 5.32 Å². The molecule has 0 saturated carbocycles. The van der Waals surface area contributed by atoms with E-state index < -0.39 is 0 Å². The molecule has 0 heterocycles. The maximum atomic E-state index is 12.5. The van der Waals surface area contributed by atoms with Crippen molar-refractivity contribution in [2.75, 3.05) is 19.7 Å². The van der Waals surface area contributed by atoms with Gasteiger partial charge >= 0.3 is 0 Å². The lowest BCUT2D eigenvalue weighted by Gasteiger charge is -2.08. The van der Waals surface area contributed by atoms with Gasteiger partial charge in [0.05, 0.1) is 13.2 Å². The fourth-order valence-corrected chi connectivity index (χ4v) is 2.84. The Balaban J connectivity index is 1.38. The zero-order valence-electron chi connectivity index (χ0n) is 14.3. The molecule has 3 rings (SSSR count). The molecule has 0 amide bonds. The highest BCUT2D eigenvalue weighted by atomic mass is 16.5. The first-order chi connectivity index (χ1) is 12.3. The zero-order chi connectivity index (χ0) is 17.3. The minimum absolute atomic E-state index is 0.175. The van der Waals surface area contributed by atoms with Gasteiger partial charge in [0.1, 0.15) is 0 Å². The van der Waals surface area contributed by atoms with Crippen LogP contribution in [0.3, 0.4) is 0 Å². The number of carbonyl (C=O) groups is 1. The molecule has 0 aromatic heterocycles. The van der Waals surface area contributed by atoms with Gasteiger partial charge in [-0.05, 0) is 16.3 Å². The van der Waals surface area contributed by atoms with Crippen molar-refractivity contribution in [2.24, 2.45) is 0 Å². The van der Waals surface area contributed by atoms with E-state index in [-0.39, 0.29) is 5.78 Å². The lowest BCUT2D eigenvalue weighted by molar-refractivity contribution is 0.0979. The number of ether oxygens (including phenoxy) is 1. The summed E-state index contributed by atoms with van der Waals surface area (Å²) < 4.78 is 5.62. The van der Waals surface area contributed by atoms with Crippen LogP contribution in [0.4, 0.5) is 0 Å². The summed E-state index contributed by atoms with van der Waals surface area (Å²) in [7, 11) is 0. The Labute approximate surface area is 148 Å². The second kappa shape index (κ2) is 9.11. The van der Waals surface area contributed by atoms with E-state index >= 15 is 0 Å². The topological polar surface area (TPSA) is 38.3 Å². The van der Waals surface area contributed by atoms with Gasteiger partial charge in [0.2, 0.25) is 0 Å². The van der Waals surface area contributed by atoms with E-state index in [0.717, 1.165) is 22.9 Å². The largest absolute Gasteiger partial charge is 0.375 e.